The van der Waals surface area contributed by atoms with Gasteiger partial charge in [0.2, 0.25) is 11.5 Å². The summed E-state index contributed by atoms with van der Waals surface area (Å²) in [7, 11) is 0. The van der Waals surface area contributed by atoms with Crippen LogP contribution >= 0.6 is 0 Å². The van der Waals surface area contributed by atoms with Gasteiger partial charge in [-0.05, 0) is 84.9 Å². The van der Waals surface area contributed by atoms with Gasteiger partial charge in [0, 0.05) is 62.8 Å². The van der Waals surface area contributed by atoms with Crippen molar-refractivity contribution in [2.75, 3.05) is 64.3 Å². The van der Waals surface area contributed by atoms with Crippen LogP contribution in [0.1, 0.15) is 49.0 Å². The van der Waals surface area contributed by atoms with Crippen LogP contribution in [0.2, 0.25) is 0 Å². The van der Waals surface area contributed by atoms with Crippen LogP contribution in [0.4, 0.5) is 10.5 Å². The quantitative estimate of drug-likeness (QED) is 0.0586. The molecule has 5 N–H and O–H groups in total. The smallest absolute Gasteiger partial charge is 0.411 e. The Kier molecular flexibility index (Phi) is 14.6. The zero-order chi connectivity index (χ0) is 41.8. The second-order valence-electron chi connectivity index (χ2n) is 16.0. The molecule has 12 heteroatoms. The highest BCUT2D eigenvalue weighted by Gasteiger charge is 2.42. The lowest BCUT2D eigenvalue weighted by Gasteiger charge is -2.22. The lowest BCUT2D eigenvalue weighted by Crippen LogP contribution is -2.38. The Labute approximate surface area is 351 Å². The van der Waals surface area contributed by atoms with E-state index in [9.17, 15) is 24.6 Å². The minimum atomic E-state index is -0.861. The van der Waals surface area contributed by atoms with Gasteiger partial charge in [-0.2, -0.15) is 0 Å². The van der Waals surface area contributed by atoms with E-state index in [1.807, 2.05) is 61.5 Å². The van der Waals surface area contributed by atoms with Gasteiger partial charge in [0.15, 0.2) is 0 Å². The zero-order valence-electron chi connectivity index (χ0n) is 34.4. The molecule has 1 saturated carbocycles. The number of H-pyrrole nitrogens is 1. The first-order chi connectivity index (χ1) is 29.2. The first kappa shape index (κ1) is 42.6. The number of phenolic OH excluding ortho intramolecular Hbond substituents is 1. The maximum Gasteiger partial charge on any atom is 0.411 e. The standard InChI is InChI=1S/C48H57N5O7/c1-2-53(25-23-49-30-44(55)40-16-18-43(54)47-41(40)17-19-45(56)51-47)46(57)22-27-59-26-21-34-14-12-33(13-15-34)20-24-52-31-36-28-38(29-37(36)32-52)60-48(58)50-42-11-7-6-10-39(42)35-8-4-3-5-9-35/h3-19,36-38,44,49,54-55H,2,20-32H2,1H3,(H,50,58)(H,51,56)/t36-,37+,38?,44-/m0/s1. The summed E-state index contributed by atoms with van der Waals surface area (Å²) in [5, 5.41) is 27.7. The molecule has 2 aliphatic rings. The molecule has 316 valence electrons. The third-order valence-corrected chi connectivity index (χ3v) is 11.9. The van der Waals surface area contributed by atoms with Gasteiger partial charge in [-0.1, -0.05) is 78.9 Å². The largest absolute Gasteiger partial charge is 0.506 e. The number of phenols is 1. The molecule has 0 spiro atoms. The molecule has 4 atom stereocenters. The third-order valence-electron chi connectivity index (χ3n) is 11.9. The van der Waals surface area contributed by atoms with E-state index in [-0.39, 0.29) is 36.0 Å². The van der Waals surface area contributed by atoms with Crippen molar-refractivity contribution in [1.29, 1.82) is 0 Å². The highest BCUT2D eigenvalue weighted by molar-refractivity contribution is 5.91. The number of rotatable bonds is 19. The van der Waals surface area contributed by atoms with Gasteiger partial charge in [-0.3, -0.25) is 14.9 Å². The number of aromatic hydroxyl groups is 1. The lowest BCUT2D eigenvalue weighted by molar-refractivity contribution is -0.132. The topological polar surface area (TPSA) is 156 Å². The summed E-state index contributed by atoms with van der Waals surface area (Å²) >= 11 is 0. The minimum Gasteiger partial charge on any atom is -0.506 e. The van der Waals surface area contributed by atoms with E-state index in [2.05, 4.69) is 44.8 Å². The molecule has 2 amide bonds. The number of carbonyl (C=O) groups is 2. The number of aliphatic hydroxyl groups excluding tert-OH is 1. The van der Waals surface area contributed by atoms with E-state index in [0.29, 0.717) is 67.6 Å². The highest BCUT2D eigenvalue weighted by Crippen LogP contribution is 2.40. The van der Waals surface area contributed by atoms with Crippen LogP contribution in [-0.2, 0) is 27.1 Å². The average molecular weight is 816 g/mol. The van der Waals surface area contributed by atoms with Gasteiger partial charge in [-0.25, -0.2) is 4.79 Å². The number of likely N-dealkylation sites (N-methyl/N-ethyl adjacent to an activating group) is 1. The lowest BCUT2D eigenvalue weighted by atomic mass is 10.0. The summed E-state index contributed by atoms with van der Waals surface area (Å²) in [6, 6.07) is 32.7. The number of aliphatic hydroxyl groups is 1. The summed E-state index contributed by atoms with van der Waals surface area (Å²) in [6.07, 6.45) is 2.60. The second-order valence-corrected chi connectivity index (χ2v) is 16.0. The predicted octanol–water partition coefficient (Wildman–Crippen LogP) is 6.52. The number of carbonyl (C=O) groups excluding carboxylic acids is 2. The molecule has 2 fully saturated rings. The number of hydrogen-bond acceptors (Lipinski definition) is 9. The second kappa shape index (κ2) is 20.6. The number of pyridine rings is 1. The Balaban J connectivity index is 0.740. The fourth-order valence-electron chi connectivity index (χ4n) is 8.71. The van der Waals surface area contributed by atoms with Gasteiger partial charge in [0.1, 0.15) is 11.9 Å². The Morgan fingerprint density at radius 3 is 2.35 bits per heavy atom. The van der Waals surface area contributed by atoms with Crippen LogP contribution < -0.4 is 16.2 Å². The Morgan fingerprint density at radius 2 is 1.60 bits per heavy atom. The number of aromatic amines is 1. The van der Waals surface area contributed by atoms with E-state index >= 15 is 0 Å². The number of likely N-dealkylation sites (tertiary alicyclic amines) is 1. The Bertz CT molecular complexity index is 2230. The number of anilines is 1. The average Bonchev–Trinajstić information content (AvgIpc) is 3.82. The van der Waals surface area contributed by atoms with E-state index in [0.717, 1.165) is 62.1 Å². The van der Waals surface area contributed by atoms with Crippen molar-refractivity contribution >= 4 is 28.6 Å². The zero-order valence-corrected chi connectivity index (χ0v) is 34.4. The van der Waals surface area contributed by atoms with Crippen LogP contribution in [0.15, 0.2) is 108 Å². The van der Waals surface area contributed by atoms with E-state index in [1.165, 1.54) is 23.3 Å². The first-order valence-corrected chi connectivity index (χ1v) is 21.3. The predicted molar refractivity (Wildman–Crippen MR) is 234 cm³/mol. The molecular formula is C48H57N5O7. The fourth-order valence-corrected chi connectivity index (χ4v) is 8.71. The summed E-state index contributed by atoms with van der Waals surface area (Å²) in [5.74, 6) is 1.08. The monoisotopic (exact) mass is 815 g/mol. The van der Waals surface area contributed by atoms with Gasteiger partial charge in [-0.15, -0.1) is 0 Å². The number of nitrogens with one attached hydrogen (secondary N) is 3. The number of benzene rings is 4. The first-order valence-electron chi connectivity index (χ1n) is 21.3. The van der Waals surface area contributed by atoms with E-state index in [4.69, 9.17) is 9.47 Å². The summed E-state index contributed by atoms with van der Waals surface area (Å²) in [4.78, 5) is 44.4. The molecule has 60 heavy (non-hydrogen) atoms. The van der Waals surface area contributed by atoms with Crippen LogP contribution in [-0.4, -0.2) is 102 Å². The van der Waals surface area contributed by atoms with Crippen molar-refractivity contribution in [3.63, 3.8) is 0 Å². The summed E-state index contributed by atoms with van der Waals surface area (Å²) < 4.78 is 11.8. The molecule has 7 rings (SSSR count). The maximum absolute atomic E-state index is 12.9. The van der Waals surface area contributed by atoms with Crippen LogP contribution in [0.3, 0.4) is 0 Å². The fraction of sp³-hybridized carbons (Fsp3) is 0.396. The van der Waals surface area contributed by atoms with Crippen molar-refractivity contribution in [3.05, 3.63) is 130 Å². The van der Waals surface area contributed by atoms with Crippen molar-refractivity contribution < 1.29 is 29.3 Å². The normalized spacial score (nSPS) is 18.0. The molecule has 12 nitrogen and oxygen atoms in total. The van der Waals surface area contributed by atoms with Gasteiger partial charge in [0.05, 0.1) is 36.9 Å². The number of aromatic nitrogens is 1. The summed E-state index contributed by atoms with van der Waals surface area (Å²) in [5.41, 5.74) is 5.86. The number of nitrogens with zero attached hydrogens (tertiary/aromatic N) is 2. The molecule has 4 aromatic carbocycles. The van der Waals surface area contributed by atoms with Crippen LogP contribution in [0.25, 0.3) is 22.0 Å². The molecule has 1 saturated heterocycles. The molecule has 1 aliphatic carbocycles. The van der Waals surface area contributed by atoms with Crippen LogP contribution in [0.5, 0.6) is 5.75 Å². The van der Waals surface area contributed by atoms with Crippen molar-refractivity contribution in [2.45, 2.75) is 51.2 Å². The third kappa shape index (κ3) is 11.2. The van der Waals surface area contributed by atoms with Gasteiger partial charge < -0.3 is 39.8 Å². The van der Waals surface area contributed by atoms with Gasteiger partial charge >= 0.3 is 6.09 Å². The van der Waals surface area contributed by atoms with Crippen molar-refractivity contribution in [1.82, 2.24) is 20.1 Å². The SMILES string of the molecule is CCN(CCNC[C@H](O)c1ccc(O)c2[nH]c(=O)ccc12)C(=O)CCOCCc1ccc(CCN2C[C@H]3CC(OC(=O)Nc4ccccc4-c4ccccc4)C[C@H]3C2)cc1. The molecular weight excluding hydrogens is 759 g/mol. The minimum absolute atomic E-state index is 0.0245. The van der Waals surface area contributed by atoms with Gasteiger partial charge in [0.25, 0.3) is 0 Å². The number of amides is 2. The molecule has 1 unspecified atom stereocenters. The highest BCUT2D eigenvalue weighted by atomic mass is 16.6. The maximum atomic E-state index is 12.9. The van der Waals surface area contributed by atoms with Crippen LogP contribution in [0, 0.1) is 11.8 Å². The molecule has 2 heterocycles. The van der Waals surface area contributed by atoms with E-state index < -0.39 is 6.10 Å². The van der Waals surface area contributed by atoms with Crippen molar-refractivity contribution in [2.24, 2.45) is 11.8 Å². The van der Waals surface area contributed by atoms with Crippen molar-refractivity contribution in [3.8, 4) is 16.9 Å². The molecule has 1 aromatic heterocycles. The number of fused-ring (bicyclic) bond motifs is 2. The summed E-state index contributed by atoms with van der Waals surface area (Å²) in [6.45, 7) is 7.78. The number of ether oxygens (including phenoxy) is 2. The molecule has 0 bridgehead atoms. The Morgan fingerprint density at radius 1 is 0.883 bits per heavy atom. The molecule has 1 aliphatic heterocycles. The number of hydrogen-bond donors (Lipinski definition) is 5. The van der Waals surface area contributed by atoms with E-state index in [1.54, 1.807) is 17.0 Å². The molecule has 0 radical (unpaired) electrons. The Hall–Kier alpha value is -5.53. The molecule has 5 aromatic rings. The number of para-hydroxylation sites is 1.